The first-order valence-corrected chi connectivity index (χ1v) is 8.43. The van der Waals surface area contributed by atoms with Crippen molar-refractivity contribution in [2.24, 2.45) is 0 Å². The lowest BCUT2D eigenvalue weighted by Gasteiger charge is -2.42. The Morgan fingerprint density at radius 2 is 1.83 bits per heavy atom. The SMILES string of the molecule is O=C(CCN1CC[N+]2(CCCC2)CC1)c1cccc([N+](=O)[O-])c1.[Br-]. The van der Waals surface area contributed by atoms with Crippen LogP contribution in [0.4, 0.5) is 5.69 Å². The predicted octanol–water partition coefficient (Wildman–Crippen LogP) is -0.902. The highest BCUT2D eigenvalue weighted by molar-refractivity contribution is 5.96. The molecule has 0 aromatic heterocycles. The van der Waals surface area contributed by atoms with Gasteiger partial charge in [-0.2, -0.15) is 0 Å². The summed E-state index contributed by atoms with van der Waals surface area (Å²) in [5.41, 5.74) is 0.425. The molecule has 0 radical (unpaired) electrons. The van der Waals surface area contributed by atoms with Crippen LogP contribution in [0.2, 0.25) is 0 Å². The Bertz CT molecular complexity index is 592. The lowest BCUT2D eigenvalue weighted by molar-refractivity contribution is -0.920. The van der Waals surface area contributed by atoms with Crippen LogP contribution in [0.25, 0.3) is 0 Å². The summed E-state index contributed by atoms with van der Waals surface area (Å²) < 4.78 is 1.27. The van der Waals surface area contributed by atoms with Crippen LogP contribution in [-0.4, -0.2) is 65.9 Å². The largest absolute Gasteiger partial charge is 1.00 e. The number of carbonyl (C=O) groups is 1. The van der Waals surface area contributed by atoms with Crippen LogP contribution in [0.3, 0.4) is 0 Å². The molecule has 132 valence electrons. The molecule has 0 N–H and O–H groups in total. The van der Waals surface area contributed by atoms with Gasteiger partial charge < -0.3 is 21.5 Å². The molecule has 2 heterocycles. The molecule has 1 spiro atoms. The number of hydrogen-bond acceptors (Lipinski definition) is 4. The molecule has 0 aliphatic carbocycles. The number of Topliss-reactive ketones (excluding diaryl/α,β-unsaturated/α-hetero) is 1. The average Bonchev–Trinajstić information content (AvgIpc) is 3.02. The highest BCUT2D eigenvalue weighted by atomic mass is 79.9. The lowest BCUT2D eigenvalue weighted by atomic mass is 10.1. The van der Waals surface area contributed by atoms with Gasteiger partial charge in [-0.25, -0.2) is 0 Å². The molecule has 0 bridgehead atoms. The van der Waals surface area contributed by atoms with E-state index >= 15 is 0 Å². The number of nitro benzene ring substituents is 1. The minimum Gasteiger partial charge on any atom is -1.00 e. The molecule has 2 fully saturated rings. The van der Waals surface area contributed by atoms with E-state index in [1.807, 2.05) is 0 Å². The Morgan fingerprint density at radius 3 is 2.46 bits per heavy atom. The molecule has 0 atom stereocenters. The predicted molar refractivity (Wildman–Crippen MR) is 87.4 cm³/mol. The van der Waals surface area contributed by atoms with Gasteiger partial charge in [0.25, 0.3) is 5.69 Å². The number of carbonyl (C=O) groups excluding carboxylic acids is 1. The van der Waals surface area contributed by atoms with Gasteiger partial charge in [0.1, 0.15) is 0 Å². The third-order valence-corrected chi connectivity index (χ3v) is 5.33. The molecular formula is C17H24BrN3O3. The average molecular weight is 398 g/mol. The summed E-state index contributed by atoms with van der Waals surface area (Å²) in [4.78, 5) is 24.9. The van der Waals surface area contributed by atoms with E-state index in [0.29, 0.717) is 12.0 Å². The summed E-state index contributed by atoms with van der Waals surface area (Å²) in [6, 6.07) is 6.03. The summed E-state index contributed by atoms with van der Waals surface area (Å²) in [5, 5.41) is 10.8. The first-order valence-electron chi connectivity index (χ1n) is 8.43. The van der Waals surface area contributed by atoms with E-state index in [1.165, 1.54) is 55.6 Å². The summed E-state index contributed by atoms with van der Waals surface area (Å²) >= 11 is 0. The second-order valence-electron chi connectivity index (χ2n) is 6.77. The Balaban J connectivity index is 0.00000208. The number of rotatable bonds is 5. The molecule has 2 aliphatic heterocycles. The Hall–Kier alpha value is -1.31. The van der Waals surface area contributed by atoms with Crippen molar-refractivity contribution in [1.82, 2.24) is 4.90 Å². The zero-order valence-electron chi connectivity index (χ0n) is 13.8. The van der Waals surface area contributed by atoms with Crippen molar-refractivity contribution in [2.45, 2.75) is 19.3 Å². The highest BCUT2D eigenvalue weighted by Crippen LogP contribution is 2.22. The Labute approximate surface area is 152 Å². The van der Waals surface area contributed by atoms with Crippen molar-refractivity contribution < 1.29 is 31.2 Å². The number of benzene rings is 1. The molecule has 0 unspecified atom stereocenters. The van der Waals surface area contributed by atoms with Gasteiger partial charge in [-0.05, 0) is 0 Å². The van der Waals surface area contributed by atoms with Gasteiger partial charge in [0.15, 0.2) is 5.78 Å². The third kappa shape index (κ3) is 4.40. The van der Waals surface area contributed by atoms with Gasteiger partial charge >= 0.3 is 0 Å². The summed E-state index contributed by atoms with van der Waals surface area (Å²) in [6.45, 7) is 7.91. The molecular weight excluding hydrogens is 374 g/mol. The monoisotopic (exact) mass is 397 g/mol. The van der Waals surface area contributed by atoms with Crippen molar-refractivity contribution in [1.29, 1.82) is 0 Å². The van der Waals surface area contributed by atoms with Gasteiger partial charge in [0.2, 0.25) is 0 Å². The van der Waals surface area contributed by atoms with Gasteiger partial charge in [-0.1, -0.05) is 12.1 Å². The molecule has 0 saturated carbocycles. The zero-order chi connectivity index (χ0) is 16.3. The summed E-state index contributed by atoms with van der Waals surface area (Å²) in [6.07, 6.45) is 3.14. The van der Waals surface area contributed by atoms with E-state index in [1.54, 1.807) is 12.1 Å². The van der Waals surface area contributed by atoms with Crippen LogP contribution in [-0.2, 0) is 0 Å². The quantitative estimate of drug-likeness (QED) is 0.279. The van der Waals surface area contributed by atoms with Crippen LogP contribution in [0.5, 0.6) is 0 Å². The van der Waals surface area contributed by atoms with E-state index in [0.717, 1.165) is 19.6 Å². The minimum atomic E-state index is -0.458. The van der Waals surface area contributed by atoms with Crippen LogP contribution in [0.15, 0.2) is 24.3 Å². The van der Waals surface area contributed by atoms with E-state index in [9.17, 15) is 14.9 Å². The number of halogens is 1. The highest BCUT2D eigenvalue weighted by Gasteiger charge is 2.35. The Morgan fingerprint density at radius 1 is 1.17 bits per heavy atom. The first kappa shape index (κ1) is 19.0. The van der Waals surface area contributed by atoms with Gasteiger partial charge in [0.05, 0.1) is 31.1 Å². The van der Waals surface area contributed by atoms with Crippen molar-refractivity contribution in [3.8, 4) is 0 Å². The topological polar surface area (TPSA) is 63.5 Å². The molecule has 3 rings (SSSR count). The molecule has 1 aromatic rings. The number of non-ortho nitro benzene ring substituents is 1. The van der Waals surface area contributed by atoms with Crippen LogP contribution < -0.4 is 17.0 Å². The number of nitro groups is 1. The van der Waals surface area contributed by atoms with Crippen LogP contribution >= 0.6 is 0 Å². The van der Waals surface area contributed by atoms with Crippen molar-refractivity contribution >= 4 is 11.5 Å². The molecule has 1 aromatic carbocycles. The fourth-order valence-electron chi connectivity index (χ4n) is 3.80. The second-order valence-corrected chi connectivity index (χ2v) is 6.77. The molecule has 7 heteroatoms. The number of piperazine rings is 1. The van der Waals surface area contributed by atoms with Gasteiger partial charge in [0, 0.05) is 56.6 Å². The fourth-order valence-corrected chi connectivity index (χ4v) is 3.80. The van der Waals surface area contributed by atoms with Crippen molar-refractivity contribution in [3.63, 3.8) is 0 Å². The lowest BCUT2D eigenvalue weighted by Crippen LogP contribution is -3.00. The van der Waals surface area contributed by atoms with Crippen molar-refractivity contribution in [3.05, 3.63) is 39.9 Å². The molecule has 0 amide bonds. The summed E-state index contributed by atoms with van der Waals surface area (Å²) in [5.74, 6) is -0.00987. The van der Waals surface area contributed by atoms with E-state index in [4.69, 9.17) is 0 Å². The number of quaternary nitrogens is 1. The maximum absolute atomic E-state index is 12.3. The maximum atomic E-state index is 12.3. The van der Waals surface area contributed by atoms with Crippen LogP contribution in [0, 0.1) is 10.1 Å². The number of hydrogen-bond donors (Lipinski definition) is 0. The summed E-state index contributed by atoms with van der Waals surface area (Å²) in [7, 11) is 0. The molecule has 6 nitrogen and oxygen atoms in total. The second kappa shape index (κ2) is 8.18. The third-order valence-electron chi connectivity index (χ3n) is 5.33. The van der Waals surface area contributed by atoms with Gasteiger partial charge in [-0.15, -0.1) is 0 Å². The van der Waals surface area contributed by atoms with E-state index in [2.05, 4.69) is 4.90 Å². The van der Waals surface area contributed by atoms with Gasteiger partial charge in [-0.3, -0.25) is 19.8 Å². The maximum Gasteiger partial charge on any atom is 0.270 e. The number of ketones is 1. The molecule has 24 heavy (non-hydrogen) atoms. The molecule has 2 saturated heterocycles. The smallest absolute Gasteiger partial charge is 0.270 e. The molecule has 2 aliphatic rings. The van der Waals surface area contributed by atoms with Crippen molar-refractivity contribution in [2.75, 3.05) is 45.8 Å². The zero-order valence-corrected chi connectivity index (χ0v) is 15.4. The van der Waals surface area contributed by atoms with E-state index in [-0.39, 0.29) is 28.5 Å². The fraction of sp³-hybridized carbons (Fsp3) is 0.588. The minimum absolute atomic E-state index is 0. The normalized spacial score (nSPS) is 19.8. The first-order chi connectivity index (χ1) is 11.1. The standard InChI is InChI=1S/C17H24N3O3.BrH/c21-17(15-4-3-5-16(14-15)19(22)23)6-7-18-8-12-20(13-9-18)10-1-2-11-20;/h3-5,14H,1-2,6-13H2;1H/q+1;/p-1. The number of nitrogens with zero attached hydrogens (tertiary/aromatic N) is 3. The van der Waals surface area contributed by atoms with E-state index < -0.39 is 4.92 Å². The van der Waals surface area contributed by atoms with Crippen LogP contribution in [0.1, 0.15) is 29.6 Å². The Kier molecular flexibility index (Phi) is 6.48.